The van der Waals surface area contributed by atoms with E-state index in [2.05, 4.69) is 47.5 Å². The van der Waals surface area contributed by atoms with Gasteiger partial charge in [0.25, 0.3) is 0 Å². The Balaban J connectivity index is 2.26. The Morgan fingerprint density at radius 1 is 1.45 bits per heavy atom. The molecule has 1 aliphatic heterocycles. The summed E-state index contributed by atoms with van der Waals surface area (Å²) in [5, 5.41) is 4.81. The lowest BCUT2D eigenvalue weighted by Crippen LogP contribution is -2.24. The number of nitrogens with one attached hydrogen (secondary N) is 1. The largest absolute Gasteiger partial charge is 0.375 e. The number of halogens is 1. The summed E-state index contributed by atoms with van der Waals surface area (Å²) in [5.74, 6) is 0. The van der Waals surface area contributed by atoms with Gasteiger partial charge in [-0.3, -0.25) is 5.43 Å². The van der Waals surface area contributed by atoms with Crippen LogP contribution in [0.25, 0.3) is 0 Å². The molecule has 0 unspecified atom stereocenters. The zero-order chi connectivity index (χ0) is 14.7. The van der Waals surface area contributed by atoms with Gasteiger partial charge in [-0.1, -0.05) is 29.8 Å². The molecule has 0 fully saturated rings. The highest BCUT2D eigenvalue weighted by molar-refractivity contribution is 7.80. The molecule has 1 heterocycles. The van der Waals surface area contributed by atoms with Crippen molar-refractivity contribution in [1.29, 1.82) is 0 Å². The number of benzene rings is 1. The summed E-state index contributed by atoms with van der Waals surface area (Å²) in [6, 6.07) is 6.23. The molecule has 0 radical (unpaired) electrons. The third kappa shape index (κ3) is 3.11. The van der Waals surface area contributed by atoms with E-state index in [0.717, 1.165) is 18.5 Å². The number of para-hydroxylation sites is 1. The van der Waals surface area contributed by atoms with Crippen LogP contribution in [0.2, 0.25) is 0 Å². The average Bonchev–Trinajstić information content (AvgIpc) is 2.71. The fourth-order valence-corrected chi connectivity index (χ4v) is 2.70. The highest BCUT2D eigenvalue weighted by atomic mass is 35.5. The summed E-state index contributed by atoms with van der Waals surface area (Å²) in [6.45, 7) is 5.03. The molecule has 1 aromatic carbocycles. The van der Waals surface area contributed by atoms with E-state index in [0.29, 0.717) is 5.16 Å². The Labute approximate surface area is 129 Å². The first-order valence-corrected chi connectivity index (χ1v) is 7.10. The minimum absolute atomic E-state index is 0.141. The van der Waals surface area contributed by atoms with E-state index in [9.17, 15) is 0 Å². The van der Waals surface area contributed by atoms with Gasteiger partial charge < -0.3 is 10.6 Å². The minimum atomic E-state index is 0.141. The molecule has 0 saturated heterocycles. The molecule has 1 aromatic rings. The Bertz CT molecular complexity index is 575. The Hall–Kier alpha value is -1.59. The van der Waals surface area contributed by atoms with Crippen LogP contribution in [0.4, 0.5) is 5.69 Å². The van der Waals surface area contributed by atoms with E-state index >= 15 is 0 Å². The molecule has 6 heteroatoms. The van der Waals surface area contributed by atoms with Crippen molar-refractivity contribution in [3.05, 3.63) is 40.1 Å². The molecular formula is C14H17ClN4S. The van der Waals surface area contributed by atoms with Crippen LogP contribution < -0.4 is 16.1 Å². The number of aryl methyl sites for hydroxylation is 2. The zero-order valence-corrected chi connectivity index (χ0v) is 13.1. The van der Waals surface area contributed by atoms with Gasteiger partial charge in [0.2, 0.25) is 0 Å². The van der Waals surface area contributed by atoms with E-state index in [1.807, 2.05) is 0 Å². The van der Waals surface area contributed by atoms with Crippen LogP contribution in [0.1, 0.15) is 17.5 Å². The second kappa shape index (κ2) is 6.24. The van der Waals surface area contributed by atoms with Crippen LogP contribution in [0, 0.1) is 13.8 Å². The third-order valence-electron chi connectivity index (χ3n) is 3.21. The van der Waals surface area contributed by atoms with Crippen LogP contribution in [0.15, 0.2) is 34.0 Å². The predicted molar refractivity (Wildman–Crippen MR) is 89.2 cm³/mol. The van der Waals surface area contributed by atoms with Crippen molar-refractivity contribution >= 4 is 40.8 Å². The molecule has 3 N–H and O–H groups in total. The van der Waals surface area contributed by atoms with Crippen molar-refractivity contribution in [2.75, 3.05) is 11.4 Å². The fourth-order valence-electron chi connectivity index (χ4n) is 2.34. The molecule has 2 rings (SSSR count). The van der Waals surface area contributed by atoms with Gasteiger partial charge in [-0.25, -0.2) is 0 Å². The number of nitrogens with two attached hydrogens (primary N) is 1. The standard InChI is InChI=1S/C14H17ClN4S/c1-9-4-3-5-10(2)12(9)19-7-6-11(13(19)15)8-17-18-14(16)20/h3-5,8H,6-7H2,1-2H3,(H3,16,18,20)/b17-8+. The number of anilines is 1. The average molecular weight is 309 g/mol. The minimum Gasteiger partial charge on any atom is -0.375 e. The van der Waals surface area contributed by atoms with Gasteiger partial charge in [0, 0.05) is 17.8 Å². The first kappa shape index (κ1) is 14.8. The van der Waals surface area contributed by atoms with Gasteiger partial charge in [0.15, 0.2) is 5.11 Å². The number of hydrazone groups is 1. The quantitative estimate of drug-likeness (QED) is 0.390. The smallest absolute Gasteiger partial charge is 0.184 e. The first-order chi connectivity index (χ1) is 9.50. The Morgan fingerprint density at radius 3 is 2.70 bits per heavy atom. The normalized spacial score (nSPS) is 15.2. The molecule has 0 bridgehead atoms. The second-order valence-corrected chi connectivity index (χ2v) is 5.49. The maximum absolute atomic E-state index is 6.46. The van der Waals surface area contributed by atoms with Crippen molar-refractivity contribution in [2.24, 2.45) is 10.8 Å². The van der Waals surface area contributed by atoms with Crippen molar-refractivity contribution in [3.8, 4) is 0 Å². The van der Waals surface area contributed by atoms with Crippen molar-refractivity contribution in [2.45, 2.75) is 20.3 Å². The summed E-state index contributed by atoms with van der Waals surface area (Å²) in [5.41, 5.74) is 12.4. The molecule has 0 saturated carbocycles. The lowest BCUT2D eigenvalue weighted by molar-refractivity contribution is 0.971. The fraction of sp³-hybridized carbons (Fsp3) is 0.286. The highest BCUT2D eigenvalue weighted by Crippen LogP contribution is 2.34. The molecule has 0 atom stereocenters. The van der Waals surface area contributed by atoms with Crippen LogP contribution in [-0.2, 0) is 0 Å². The van der Waals surface area contributed by atoms with Gasteiger partial charge >= 0.3 is 0 Å². The molecule has 1 aliphatic rings. The van der Waals surface area contributed by atoms with Crippen LogP contribution >= 0.6 is 23.8 Å². The van der Waals surface area contributed by atoms with Crippen molar-refractivity contribution in [1.82, 2.24) is 5.43 Å². The number of hydrogen-bond acceptors (Lipinski definition) is 3. The van der Waals surface area contributed by atoms with Crippen LogP contribution in [-0.4, -0.2) is 17.9 Å². The lowest BCUT2D eigenvalue weighted by Gasteiger charge is -2.23. The molecule has 20 heavy (non-hydrogen) atoms. The van der Waals surface area contributed by atoms with E-state index in [1.54, 1.807) is 6.21 Å². The molecule has 0 spiro atoms. The molecule has 4 nitrogen and oxygen atoms in total. The summed E-state index contributed by atoms with van der Waals surface area (Å²) in [7, 11) is 0. The predicted octanol–water partition coefficient (Wildman–Crippen LogP) is 2.78. The van der Waals surface area contributed by atoms with Gasteiger partial charge in [-0.05, 0) is 43.6 Å². The lowest BCUT2D eigenvalue weighted by atomic mass is 10.1. The number of thiocarbonyl (C=S) groups is 1. The topological polar surface area (TPSA) is 53.6 Å². The molecular weight excluding hydrogens is 292 g/mol. The maximum Gasteiger partial charge on any atom is 0.184 e. The molecule has 0 aromatic heterocycles. The van der Waals surface area contributed by atoms with E-state index in [-0.39, 0.29) is 5.11 Å². The number of hydrogen-bond donors (Lipinski definition) is 2. The van der Waals surface area contributed by atoms with Crippen molar-refractivity contribution < 1.29 is 0 Å². The van der Waals surface area contributed by atoms with E-state index in [4.69, 9.17) is 29.6 Å². The van der Waals surface area contributed by atoms with Gasteiger partial charge in [0.1, 0.15) is 5.16 Å². The van der Waals surface area contributed by atoms with Crippen LogP contribution in [0.5, 0.6) is 0 Å². The summed E-state index contributed by atoms with van der Waals surface area (Å²) in [4.78, 5) is 2.12. The van der Waals surface area contributed by atoms with Crippen molar-refractivity contribution in [3.63, 3.8) is 0 Å². The van der Waals surface area contributed by atoms with E-state index in [1.165, 1.54) is 16.8 Å². The van der Waals surface area contributed by atoms with Gasteiger partial charge in [-0.2, -0.15) is 5.10 Å². The number of nitrogens with zero attached hydrogens (tertiary/aromatic N) is 2. The third-order valence-corrected chi connectivity index (χ3v) is 3.75. The van der Waals surface area contributed by atoms with Gasteiger partial charge in [-0.15, -0.1) is 0 Å². The number of rotatable bonds is 3. The molecule has 0 aliphatic carbocycles. The Morgan fingerprint density at radius 2 is 2.10 bits per heavy atom. The second-order valence-electron chi connectivity index (χ2n) is 4.69. The molecule has 106 valence electrons. The monoisotopic (exact) mass is 308 g/mol. The highest BCUT2D eigenvalue weighted by Gasteiger charge is 2.23. The van der Waals surface area contributed by atoms with E-state index < -0.39 is 0 Å². The maximum atomic E-state index is 6.46. The first-order valence-electron chi connectivity index (χ1n) is 6.31. The summed E-state index contributed by atoms with van der Waals surface area (Å²) in [6.07, 6.45) is 2.52. The van der Waals surface area contributed by atoms with Gasteiger partial charge in [0.05, 0.1) is 6.21 Å². The molecule has 0 amide bonds. The zero-order valence-electron chi connectivity index (χ0n) is 11.5. The SMILES string of the molecule is Cc1cccc(C)c1N1CCC(/C=N/NC(N)=S)=C1Cl. The van der Waals surface area contributed by atoms with Crippen LogP contribution in [0.3, 0.4) is 0 Å². The Kier molecular flexibility index (Phi) is 4.62. The summed E-state index contributed by atoms with van der Waals surface area (Å²) < 4.78 is 0. The summed E-state index contributed by atoms with van der Waals surface area (Å²) >= 11 is 11.2.